The van der Waals surface area contributed by atoms with E-state index in [1.165, 1.54) is 11.6 Å². The normalized spacial score (nSPS) is 11.3. The molecule has 0 aliphatic rings. The van der Waals surface area contributed by atoms with E-state index in [0.29, 0.717) is 5.82 Å². The topological polar surface area (TPSA) is 24.9 Å². The van der Waals surface area contributed by atoms with Crippen LogP contribution >= 0.6 is 0 Å². The first-order valence-electron chi connectivity index (χ1n) is 5.96. The summed E-state index contributed by atoms with van der Waals surface area (Å²) in [5.74, 6) is 0.0416. The lowest BCUT2D eigenvalue weighted by Crippen LogP contribution is -2.13. The second kappa shape index (κ2) is 4.77. The van der Waals surface area contributed by atoms with Gasteiger partial charge in [-0.2, -0.15) is 4.39 Å². The molecule has 0 radical (unpaired) electrons. The van der Waals surface area contributed by atoms with E-state index in [4.69, 9.17) is 0 Å². The molecule has 0 unspecified atom stereocenters. The van der Waals surface area contributed by atoms with Gasteiger partial charge in [-0.05, 0) is 29.2 Å². The van der Waals surface area contributed by atoms with Crippen molar-refractivity contribution in [3.05, 3.63) is 54.0 Å². The highest BCUT2D eigenvalue weighted by molar-refractivity contribution is 5.62. The minimum Gasteiger partial charge on any atom is -0.340 e. The maximum atomic E-state index is 13.1. The Morgan fingerprint density at radius 1 is 1.00 bits per heavy atom. The van der Waals surface area contributed by atoms with Crippen LogP contribution in [0, 0.1) is 5.95 Å². The summed E-state index contributed by atoms with van der Waals surface area (Å²) in [6.07, 6.45) is 0. The molecule has 2 aromatic rings. The number of benzene rings is 1. The third-order valence-electron chi connectivity index (χ3n) is 2.71. The molecule has 0 spiro atoms. The van der Waals surface area contributed by atoms with Gasteiger partial charge in [-0.1, -0.05) is 45.0 Å². The van der Waals surface area contributed by atoms with Crippen LogP contribution in [-0.4, -0.2) is 4.98 Å². The molecule has 1 heterocycles. The summed E-state index contributed by atoms with van der Waals surface area (Å²) in [4.78, 5) is 3.81. The summed E-state index contributed by atoms with van der Waals surface area (Å²) in [5.41, 5.74) is 2.16. The predicted molar refractivity (Wildman–Crippen MR) is 72.6 cm³/mol. The second-order valence-electron chi connectivity index (χ2n) is 5.27. The van der Waals surface area contributed by atoms with Gasteiger partial charge in [0.2, 0.25) is 5.95 Å². The number of para-hydroxylation sites is 1. The molecule has 0 atom stereocenters. The third kappa shape index (κ3) is 2.86. The molecule has 0 aliphatic heterocycles. The summed E-state index contributed by atoms with van der Waals surface area (Å²) in [5, 5.41) is 3.17. The molecule has 0 saturated carbocycles. The van der Waals surface area contributed by atoms with Crippen molar-refractivity contribution in [2.75, 3.05) is 5.32 Å². The molecule has 18 heavy (non-hydrogen) atoms. The molecule has 2 rings (SSSR count). The molecular formula is C15H17FN2. The zero-order valence-electron chi connectivity index (χ0n) is 10.9. The first-order chi connectivity index (χ1) is 8.47. The van der Waals surface area contributed by atoms with E-state index < -0.39 is 5.95 Å². The number of hydrogen-bond acceptors (Lipinski definition) is 2. The molecule has 0 bridgehead atoms. The maximum absolute atomic E-state index is 13.1. The van der Waals surface area contributed by atoms with Crippen LogP contribution in [0.2, 0.25) is 0 Å². The molecule has 0 fully saturated rings. The van der Waals surface area contributed by atoms with E-state index in [-0.39, 0.29) is 5.41 Å². The van der Waals surface area contributed by atoms with Crippen molar-refractivity contribution < 1.29 is 4.39 Å². The lowest BCUT2D eigenvalue weighted by Gasteiger charge is -2.23. The molecular weight excluding hydrogens is 227 g/mol. The van der Waals surface area contributed by atoms with Crippen molar-refractivity contribution >= 4 is 11.5 Å². The lowest BCUT2D eigenvalue weighted by atomic mass is 9.86. The van der Waals surface area contributed by atoms with Gasteiger partial charge in [-0.3, -0.25) is 0 Å². The van der Waals surface area contributed by atoms with Gasteiger partial charge in [0.05, 0.1) is 0 Å². The Labute approximate surface area is 107 Å². The van der Waals surface area contributed by atoms with Crippen LogP contribution < -0.4 is 5.32 Å². The molecule has 3 heteroatoms. The lowest BCUT2D eigenvalue weighted by molar-refractivity contribution is 0.585. The molecule has 1 aromatic heterocycles. The highest BCUT2D eigenvalue weighted by Gasteiger charge is 2.17. The summed E-state index contributed by atoms with van der Waals surface area (Å²) in [7, 11) is 0. The van der Waals surface area contributed by atoms with E-state index in [1.54, 1.807) is 12.1 Å². The molecule has 1 aromatic carbocycles. The summed E-state index contributed by atoms with van der Waals surface area (Å²) >= 11 is 0. The maximum Gasteiger partial charge on any atom is 0.214 e. The van der Waals surface area contributed by atoms with Gasteiger partial charge < -0.3 is 5.32 Å². The highest BCUT2D eigenvalue weighted by Crippen LogP contribution is 2.30. The Kier molecular flexibility index (Phi) is 3.32. The average Bonchev–Trinajstić information content (AvgIpc) is 2.28. The van der Waals surface area contributed by atoms with E-state index in [0.717, 1.165) is 5.69 Å². The van der Waals surface area contributed by atoms with Crippen LogP contribution in [-0.2, 0) is 5.41 Å². The van der Waals surface area contributed by atoms with Crippen LogP contribution in [0.5, 0.6) is 0 Å². The number of anilines is 2. The Morgan fingerprint density at radius 3 is 2.39 bits per heavy atom. The molecule has 94 valence electrons. The minimum absolute atomic E-state index is 0.0247. The quantitative estimate of drug-likeness (QED) is 0.798. The highest BCUT2D eigenvalue weighted by atomic mass is 19.1. The van der Waals surface area contributed by atoms with Crippen molar-refractivity contribution in [3.63, 3.8) is 0 Å². The molecule has 0 aliphatic carbocycles. The zero-order valence-corrected chi connectivity index (χ0v) is 10.9. The minimum atomic E-state index is -0.478. The van der Waals surface area contributed by atoms with Gasteiger partial charge in [0, 0.05) is 5.69 Å². The van der Waals surface area contributed by atoms with Crippen molar-refractivity contribution in [1.29, 1.82) is 0 Å². The first kappa shape index (κ1) is 12.6. The van der Waals surface area contributed by atoms with Gasteiger partial charge in [-0.25, -0.2) is 4.98 Å². The van der Waals surface area contributed by atoms with Gasteiger partial charge in [0.25, 0.3) is 0 Å². The zero-order chi connectivity index (χ0) is 13.2. The van der Waals surface area contributed by atoms with Crippen LogP contribution in [0.1, 0.15) is 26.3 Å². The van der Waals surface area contributed by atoms with E-state index in [9.17, 15) is 4.39 Å². The Balaban J connectivity index is 2.35. The largest absolute Gasteiger partial charge is 0.340 e. The average molecular weight is 244 g/mol. The molecule has 0 saturated heterocycles. The standard InChI is InChI=1S/C15H17FN2/c1-15(2,3)11-7-4-5-8-12(11)17-14-10-6-9-13(16)18-14/h4-10H,1-3H3,(H,17,18). The molecule has 0 amide bonds. The van der Waals surface area contributed by atoms with E-state index in [1.807, 2.05) is 18.2 Å². The van der Waals surface area contributed by atoms with Crippen LogP contribution in [0.3, 0.4) is 0 Å². The monoisotopic (exact) mass is 244 g/mol. The number of halogens is 1. The SMILES string of the molecule is CC(C)(C)c1ccccc1Nc1cccc(F)n1. The second-order valence-corrected chi connectivity index (χ2v) is 5.27. The Bertz CT molecular complexity index is 544. The number of nitrogens with zero attached hydrogens (tertiary/aromatic N) is 1. The number of aromatic nitrogens is 1. The fourth-order valence-corrected chi connectivity index (χ4v) is 1.86. The number of rotatable bonds is 2. The molecule has 2 nitrogen and oxygen atoms in total. The predicted octanol–water partition coefficient (Wildman–Crippen LogP) is 4.26. The summed E-state index contributed by atoms with van der Waals surface area (Å²) < 4.78 is 13.1. The number of hydrogen-bond donors (Lipinski definition) is 1. The Morgan fingerprint density at radius 2 is 1.72 bits per heavy atom. The van der Waals surface area contributed by atoms with E-state index >= 15 is 0 Å². The van der Waals surface area contributed by atoms with E-state index in [2.05, 4.69) is 37.1 Å². The number of pyridine rings is 1. The van der Waals surface area contributed by atoms with Gasteiger partial charge in [0.15, 0.2) is 0 Å². The van der Waals surface area contributed by atoms with Crippen LogP contribution in [0.25, 0.3) is 0 Å². The Hall–Kier alpha value is -1.90. The van der Waals surface area contributed by atoms with Gasteiger partial charge in [0.1, 0.15) is 5.82 Å². The fourth-order valence-electron chi connectivity index (χ4n) is 1.86. The van der Waals surface area contributed by atoms with Crippen LogP contribution in [0.4, 0.5) is 15.9 Å². The van der Waals surface area contributed by atoms with Gasteiger partial charge in [-0.15, -0.1) is 0 Å². The van der Waals surface area contributed by atoms with Crippen LogP contribution in [0.15, 0.2) is 42.5 Å². The third-order valence-corrected chi connectivity index (χ3v) is 2.71. The van der Waals surface area contributed by atoms with Crippen molar-refractivity contribution in [2.24, 2.45) is 0 Å². The van der Waals surface area contributed by atoms with Crippen molar-refractivity contribution in [2.45, 2.75) is 26.2 Å². The summed E-state index contributed by atoms with van der Waals surface area (Å²) in [6.45, 7) is 6.44. The number of nitrogens with one attached hydrogen (secondary N) is 1. The molecule has 1 N–H and O–H groups in total. The summed E-state index contributed by atoms with van der Waals surface area (Å²) in [6, 6.07) is 12.7. The smallest absolute Gasteiger partial charge is 0.214 e. The van der Waals surface area contributed by atoms with Crippen molar-refractivity contribution in [3.8, 4) is 0 Å². The first-order valence-corrected chi connectivity index (χ1v) is 5.96. The fraction of sp³-hybridized carbons (Fsp3) is 0.267. The van der Waals surface area contributed by atoms with Gasteiger partial charge >= 0.3 is 0 Å². The van der Waals surface area contributed by atoms with Crippen molar-refractivity contribution in [1.82, 2.24) is 4.98 Å².